The Morgan fingerprint density at radius 1 is 0.739 bits per heavy atom. The first-order valence-electron chi connectivity index (χ1n) is 5.80. The molecular weight excluding hydrogens is 328 g/mol. The van der Waals surface area contributed by atoms with Crippen molar-refractivity contribution in [3.8, 4) is 0 Å². The molecule has 129 valence electrons. The molecule has 0 saturated carbocycles. The molecule has 1 radical (unpaired) electrons. The molecule has 0 spiro atoms. The second-order valence-electron chi connectivity index (χ2n) is 4.35. The molecule has 0 amide bonds. The number of carbonyl (C=O) groups excluding carboxylic acids is 1. The number of hydrogen-bond donors (Lipinski definition) is 2. The largest absolute Gasteiger partial charge is 0.453 e. The van der Waals surface area contributed by atoms with E-state index < -0.39 is 63.0 Å². The molecule has 0 aromatic carbocycles. The predicted molar refractivity (Wildman–Crippen MR) is 66.0 cm³/mol. The van der Waals surface area contributed by atoms with Crippen LogP contribution in [0.5, 0.6) is 0 Å². The van der Waals surface area contributed by atoms with Crippen LogP contribution >= 0.6 is 0 Å². The summed E-state index contributed by atoms with van der Waals surface area (Å²) >= 11 is 0. The van der Waals surface area contributed by atoms with Crippen LogP contribution in [0.15, 0.2) is 0 Å². The van der Waals surface area contributed by atoms with Gasteiger partial charge in [0.25, 0.3) is 0 Å². The fourth-order valence-electron chi connectivity index (χ4n) is 1.64. The van der Waals surface area contributed by atoms with E-state index in [1.165, 1.54) is 0 Å². The number of nitro groups is 4. The maximum atomic E-state index is 10.7. The fourth-order valence-corrected chi connectivity index (χ4v) is 1.64. The monoisotopic (exact) mass is 339 g/mol. The van der Waals surface area contributed by atoms with Crippen molar-refractivity contribution in [2.45, 2.75) is 37.4 Å². The number of aliphatic hydroxyl groups is 2. The van der Waals surface area contributed by atoms with Crippen LogP contribution in [-0.4, -0.2) is 60.7 Å². The summed E-state index contributed by atoms with van der Waals surface area (Å²) in [5, 5.41) is 60.8. The Morgan fingerprint density at radius 2 is 1.00 bits per heavy atom. The van der Waals surface area contributed by atoms with E-state index in [1.807, 2.05) is 0 Å². The van der Waals surface area contributed by atoms with E-state index in [4.69, 9.17) is 0 Å². The highest BCUT2D eigenvalue weighted by molar-refractivity contribution is 5.56. The summed E-state index contributed by atoms with van der Waals surface area (Å²) in [6, 6.07) is 0. The molecule has 0 aromatic rings. The van der Waals surface area contributed by atoms with Crippen molar-refractivity contribution < 1.29 is 34.7 Å². The molecule has 0 aromatic heterocycles. The summed E-state index contributed by atoms with van der Waals surface area (Å²) < 4.78 is 0. The van der Waals surface area contributed by atoms with Gasteiger partial charge < -0.3 is 10.2 Å². The zero-order chi connectivity index (χ0) is 18.3. The summed E-state index contributed by atoms with van der Waals surface area (Å²) in [4.78, 5) is 47.0. The van der Waals surface area contributed by atoms with Gasteiger partial charge in [-0.15, -0.1) is 0 Å². The van der Waals surface area contributed by atoms with Gasteiger partial charge in [-0.05, 0) is 0 Å². The average Bonchev–Trinajstić information content (AvgIpc) is 2.41. The third-order valence-corrected chi connectivity index (χ3v) is 2.84. The predicted octanol–water partition coefficient (Wildman–Crippen LogP) is -2.03. The van der Waals surface area contributed by atoms with Gasteiger partial charge in [-0.2, -0.15) is 0 Å². The highest BCUT2D eigenvalue weighted by atomic mass is 16.7. The van der Waals surface area contributed by atoms with E-state index in [0.717, 1.165) is 6.29 Å². The normalized spacial score (nSPS) is 15.0. The molecule has 0 aliphatic rings. The number of nitrogens with zero attached hydrogens (tertiary/aromatic N) is 4. The average molecular weight is 339 g/mol. The highest BCUT2D eigenvalue weighted by Crippen LogP contribution is 2.18. The Bertz CT molecular complexity index is 428. The molecule has 23 heavy (non-hydrogen) atoms. The van der Waals surface area contributed by atoms with Crippen molar-refractivity contribution in [3.63, 3.8) is 0 Å². The highest BCUT2D eigenvalue weighted by Gasteiger charge is 2.43. The van der Waals surface area contributed by atoms with Crippen LogP contribution in [0.3, 0.4) is 0 Å². The quantitative estimate of drug-likeness (QED) is 0.236. The molecule has 0 rings (SSSR count). The van der Waals surface area contributed by atoms with Gasteiger partial charge in [-0.1, -0.05) is 0 Å². The Balaban J connectivity index is 5.07. The van der Waals surface area contributed by atoms with Gasteiger partial charge in [0.05, 0.1) is 37.8 Å². The summed E-state index contributed by atoms with van der Waals surface area (Å²) in [5.74, 6) is -2.03. The Morgan fingerprint density at radius 3 is 1.17 bits per heavy atom. The van der Waals surface area contributed by atoms with E-state index in [-0.39, 0.29) is 0 Å². The molecule has 2 atom stereocenters. The van der Waals surface area contributed by atoms with E-state index in [9.17, 15) is 55.5 Å². The molecule has 15 nitrogen and oxygen atoms in total. The second-order valence-corrected chi connectivity index (χ2v) is 4.35. The van der Waals surface area contributed by atoms with E-state index in [0.29, 0.717) is 0 Å². The molecule has 2 unspecified atom stereocenters. The van der Waals surface area contributed by atoms with E-state index in [2.05, 4.69) is 0 Å². The second kappa shape index (κ2) is 8.59. The Hall–Kier alpha value is -2.81. The summed E-state index contributed by atoms with van der Waals surface area (Å²) in [5.41, 5.74) is 0. The van der Waals surface area contributed by atoms with Crippen LogP contribution in [0.1, 0.15) is 12.8 Å². The zero-order valence-corrected chi connectivity index (χ0v) is 11.2. The zero-order valence-electron chi connectivity index (χ0n) is 11.2. The summed E-state index contributed by atoms with van der Waals surface area (Å²) in [6.07, 6.45) is -10.6. The number of rotatable bonds is 11. The number of hydrogen-bond acceptors (Lipinski definition) is 11. The lowest BCUT2D eigenvalue weighted by Crippen LogP contribution is -2.43. The van der Waals surface area contributed by atoms with Gasteiger partial charge in [-0.25, -0.2) is 0 Å². The SMILES string of the molecule is O=[C]C(C(O)CC([N+](=O)[O-])[N+](=O)[O-])C(O)CC([N+](=O)[O-])[N+](=O)[O-]. The molecule has 0 heterocycles. The molecule has 0 aliphatic heterocycles. The van der Waals surface area contributed by atoms with Gasteiger partial charge in [0, 0.05) is 0 Å². The summed E-state index contributed by atoms with van der Waals surface area (Å²) in [6.45, 7) is 0. The first-order valence-corrected chi connectivity index (χ1v) is 5.80. The topological polar surface area (TPSA) is 230 Å². The van der Waals surface area contributed by atoms with Crippen LogP contribution in [0, 0.1) is 46.4 Å². The van der Waals surface area contributed by atoms with Crippen LogP contribution in [0.25, 0.3) is 0 Å². The van der Waals surface area contributed by atoms with Crippen molar-refractivity contribution in [2.75, 3.05) is 0 Å². The molecular formula is C8H11N4O11. The van der Waals surface area contributed by atoms with Crippen LogP contribution in [-0.2, 0) is 4.79 Å². The first kappa shape index (κ1) is 20.2. The molecule has 15 heteroatoms. The summed E-state index contributed by atoms with van der Waals surface area (Å²) in [7, 11) is 0. The Kier molecular flexibility index (Phi) is 7.54. The van der Waals surface area contributed by atoms with Gasteiger partial charge in [-0.3, -0.25) is 45.3 Å². The van der Waals surface area contributed by atoms with Gasteiger partial charge >= 0.3 is 12.3 Å². The van der Waals surface area contributed by atoms with E-state index >= 15 is 0 Å². The molecule has 0 bridgehead atoms. The number of aliphatic hydroxyl groups excluding tert-OH is 2. The van der Waals surface area contributed by atoms with Gasteiger partial charge in [0.15, 0.2) is 0 Å². The van der Waals surface area contributed by atoms with Gasteiger partial charge in [0.2, 0.25) is 6.29 Å². The van der Waals surface area contributed by atoms with E-state index in [1.54, 1.807) is 0 Å². The van der Waals surface area contributed by atoms with Crippen molar-refractivity contribution in [1.82, 2.24) is 0 Å². The third kappa shape index (κ3) is 5.83. The molecule has 0 saturated heterocycles. The lowest BCUT2D eigenvalue weighted by molar-refractivity contribution is -0.745. The van der Waals surface area contributed by atoms with Crippen LogP contribution in [0.2, 0.25) is 0 Å². The Labute approximate surface area is 126 Å². The third-order valence-electron chi connectivity index (χ3n) is 2.84. The standard InChI is InChI=1S/C8H11N4O11/c13-3-4(5(14)1-7(9(16)17)10(18)19)6(15)2-8(11(20)21)12(22)23/h4-8,14-15H,1-2H2. The molecule has 0 aliphatic carbocycles. The van der Waals surface area contributed by atoms with Crippen molar-refractivity contribution in [3.05, 3.63) is 40.5 Å². The van der Waals surface area contributed by atoms with Crippen molar-refractivity contribution in [2.24, 2.45) is 5.92 Å². The maximum Gasteiger partial charge on any atom is 0.453 e. The molecule has 2 N–H and O–H groups in total. The fraction of sp³-hybridized carbons (Fsp3) is 0.875. The van der Waals surface area contributed by atoms with Crippen molar-refractivity contribution in [1.29, 1.82) is 0 Å². The minimum atomic E-state index is -2.49. The van der Waals surface area contributed by atoms with Crippen LogP contribution in [0.4, 0.5) is 0 Å². The van der Waals surface area contributed by atoms with Crippen molar-refractivity contribution >= 4 is 6.29 Å². The lowest BCUT2D eigenvalue weighted by atomic mass is 9.92. The first-order chi connectivity index (χ1) is 10.5. The minimum absolute atomic E-state index is 1.03. The van der Waals surface area contributed by atoms with Crippen LogP contribution < -0.4 is 0 Å². The smallest absolute Gasteiger partial charge is 0.392 e. The maximum absolute atomic E-state index is 10.7. The molecule has 0 fully saturated rings. The van der Waals surface area contributed by atoms with Gasteiger partial charge in [0.1, 0.15) is 12.8 Å². The minimum Gasteiger partial charge on any atom is -0.392 e. The lowest BCUT2D eigenvalue weighted by Gasteiger charge is -2.20.